The van der Waals surface area contributed by atoms with E-state index < -0.39 is 11.4 Å². The maximum atomic E-state index is 12.3. The zero-order valence-electron chi connectivity index (χ0n) is 11.5. The van der Waals surface area contributed by atoms with Gasteiger partial charge in [0.15, 0.2) is 0 Å². The Morgan fingerprint density at radius 1 is 1.43 bits per heavy atom. The smallest absolute Gasteiger partial charge is 0.321 e. The quantitative estimate of drug-likeness (QED) is 0.882. The molecule has 1 aromatic carbocycles. The predicted molar refractivity (Wildman–Crippen MR) is 79.5 cm³/mol. The van der Waals surface area contributed by atoms with E-state index in [0.29, 0.717) is 30.2 Å². The van der Waals surface area contributed by atoms with Gasteiger partial charge in [-0.3, -0.25) is 4.79 Å². The fraction of sp³-hybridized carbons (Fsp3) is 0.467. The number of anilines is 1. The highest BCUT2D eigenvalue weighted by Crippen LogP contribution is 2.48. The molecule has 2 N–H and O–H groups in total. The summed E-state index contributed by atoms with van der Waals surface area (Å²) < 4.78 is 0. The van der Waals surface area contributed by atoms with Crippen LogP contribution in [0.25, 0.3) is 0 Å². The molecule has 0 aromatic heterocycles. The van der Waals surface area contributed by atoms with Crippen LogP contribution in [0.3, 0.4) is 0 Å². The van der Waals surface area contributed by atoms with E-state index in [0.717, 1.165) is 12.8 Å². The number of carbonyl (C=O) groups is 2. The zero-order valence-corrected chi connectivity index (χ0v) is 12.3. The largest absolute Gasteiger partial charge is 0.481 e. The highest BCUT2D eigenvalue weighted by molar-refractivity contribution is 6.30. The van der Waals surface area contributed by atoms with E-state index in [4.69, 9.17) is 11.6 Å². The first-order valence-corrected chi connectivity index (χ1v) is 7.44. The topological polar surface area (TPSA) is 69.6 Å². The summed E-state index contributed by atoms with van der Waals surface area (Å²) in [5, 5.41) is 12.9. The van der Waals surface area contributed by atoms with Gasteiger partial charge in [0.25, 0.3) is 0 Å². The molecular weight excluding hydrogens is 292 g/mol. The van der Waals surface area contributed by atoms with E-state index in [2.05, 4.69) is 5.32 Å². The molecule has 1 saturated heterocycles. The number of carboxylic acid groups (broad SMARTS) is 1. The molecular formula is C15H17ClN2O3. The summed E-state index contributed by atoms with van der Waals surface area (Å²) in [6, 6.07) is 6.66. The Morgan fingerprint density at radius 3 is 2.90 bits per heavy atom. The van der Waals surface area contributed by atoms with Crippen LogP contribution in [0, 0.1) is 11.3 Å². The van der Waals surface area contributed by atoms with Gasteiger partial charge in [-0.25, -0.2) is 4.79 Å². The molecule has 0 unspecified atom stereocenters. The van der Waals surface area contributed by atoms with Crippen molar-refractivity contribution in [2.45, 2.75) is 19.3 Å². The van der Waals surface area contributed by atoms with Crippen LogP contribution in [0.15, 0.2) is 24.3 Å². The SMILES string of the molecule is O=C(Nc1cccc(Cl)c1)N1C[C@@H]2CCC[C@@]2(C(=O)O)C1. The van der Waals surface area contributed by atoms with Crippen LogP contribution in [0.5, 0.6) is 0 Å². The number of carboxylic acids is 1. The highest BCUT2D eigenvalue weighted by atomic mass is 35.5. The van der Waals surface area contributed by atoms with Gasteiger partial charge < -0.3 is 15.3 Å². The van der Waals surface area contributed by atoms with Gasteiger partial charge in [0, 0.05) is 23.8 Å². The molecule has 2 atom stereocenters. The fourth-order valence-electron chi connectivity index (χ4n) is 3.56. The van der Waals surface area contributed by atoms with E-state index in [9.17, 15) is 14.7 Å². The Kier molecular flexibility index (Phi) is 3.53. The predicted octanol–water partition coefficient (Wildman–Crippen LogP) is 3.06. The van der Waals surface area contributed by atoms with Crippen LogP contribution in [-0.4, -0.2) is 35.1 Å². The summed E-state index contributed by atoms with van der Waals surface area (Å²) in [5.74, 6) is -0.705. The van der Waals surface area contributed by atoms with E-state index in [-0.39, 0.29) is 11.9 Å². The van der Waals surface area contributed by atoms with Crippen LogP contribution >= 0.6 is 11.6 Å². The van der Waals surface area contributed by atoms with Crippen LogP contribution in [-0.2, 0) is 4.79 Å². The van der Waals surface area contributed by atoms with Crippen molar-refractivity contribution in [2.75, 3.05) is 18.4 Å². The molecule has 2 amide bonds. The first kappa shape index (κ1) is 14.2. The first-order chi connectivity index (χ1) is 10.0. The molecule has 0 spiro atoms. The molecule has 112 valence electrons. The number of nitrogens with zero attached hydrogens (tertiary/aromatic N) is 1. The second-order valence-electron chi connectivity index (χ2n) is 5.87. The van der Waals surface area contributed by atoms with Gasteiger partial charge in [-0.05, 0) is 37.0 Å². The minimum absolute atomic E-state index is 0.0695. The number of hydrogen-bond donors (Lipinski definition) is 2. The third-order valence-corrected chi connectivity index (χ3v) is 4.89. The van der Waals surface area contributed by atoms with Crippen molar-refractivity contribution >= 4 is 29.3 Å². The van der Waals surface area contributed by atoms with Crippen LogP contribution in [0.1, 0.15) is 19.3 Å². The Morgan fingerprint density at radius 2 is 2.24 bits per heavy atom. The Labute approximate surface area is 127 Å². The number of amides is 2. The summed E-state index contributed by atoms with van der Waals surface area (Å²) in [6.45, 7) is 0.804. The molecule has 5 nitrogen and oxygen atoms in total. The molecule has 6 heteroatoms. The average Bonchev–Trinajstić information content (AvgIpc) is 2.95. The fourth-order valence-corrected chi connectivity index (χ4v) is 3.75. The summed E-state index contributed by atoms with van der Waals surface area (Å²) in [5.41, 5.74) is -0.125. The van der Waals surface area contributed by atoms with Crippen LogP contribution < -0.4 is 5.32 Å². The van der Waals surface area contributed by atoms with Gasteiger partial charge in [-0.15, -0.1) is 0 Å². The standard InChI is InChI=1S/C15H17ClN2O3/c16-11-4-1-5-12(7-11)17-14(21)18-8-10-3-2-6-15(10,9-18)13(19)20/h1,4-5,7,10H,2-3,6,8-9H2,(H,17,21)(H,19,20)/t10-,15+/m0/s1. The van der Waals surface area contributed by atoms with Gasteiger partial charge in [0.2, 0.25) is 0 Å². The molecule has 1 saturated carbocycles. The Balaban J connectivity index is 1.71. The summed E-state index contributed by atoms with van der Waals surface area (Å²) in [4.78, 5) is 25.5. The Hall–Kier alpha value is -1.75. The normalized spacial score (nSPS) is 27.5. The summed E-state index contributed by atoms with van der Waals surface area (Å²) in [7, 11) is 0. The third-order valence-electron chi connectivity index (χ3n) is 4.66. The van der Waals surface area contributed by atoms with Crippen molar-refractivity contribution in [3.63, 3.8) is 0 Å². The molecule has 3 rings (SSSR count). The van der Waals surface area contributed by atoms with E-state index in [1.807, 2.05) is 0 Å². The lowest BCUT2D eigenvalue weighted by Crippen LogP contribution is -2.38. The van der Waals surface area contributed by atoms with Gasteiger partial charge in [0.05, 0.1) is 5.41 Å². The monoisotopic (exact) mass is 308 g/mol. The Bertz CT molecular complexity index is 592. The van der Waals surface area contributed by atoms with Crippen molar-refractivity contribution < 1.29 is 14.7 Å². The molecule has 1 aliphatic carbocycles. The van der Waals surface area contributed by atoms with E-state index in [1.54, 1.807) is 29.2 Å². The lowest BCUT2D eigenvalue weighted by Gasteiger charge is -2.23. The number of nitrogens with one attached hydrogen (secondary N) is 1. The molecule has 21 heavy (non-hydrogen) atoms. The minimum Gasteiger partial charge on any atom is -0.481 e. The van der Waals surface area contributed by atoms with Crippen molar-refractivity contribution in [3.05, 3.63) is 29.3 Å². The molecule has 2 aliphatic rings. The number of halogens is 1. The average molecular weight is 309 g/mol. The van der Waals surface area contributed by atoms with Gasteiger partial charge in [-0.1, -0.05) is 24.1 Å². The molecule has 1 aliphatic heterocycles. The molecule has 0 bridgehead atoms. The zero-order chi connectivity index (χ0) is 15.0. The number of rotatable bonds is 2. The number of fused-ring (bicyclic) bond motifs is 1. The molecule has 1 heterocycles. The number of urea groups is 1. The van der Waals surface area contributed by atoms with Crippen molar-refractivity contribution in [3.8, 4) is 0 Å². The number of benzene rings is 1. The van der Waals surface area contributed by atoms with Crippen LogP contribution in [0.4, 0.5) is 10.5 Å². The first-order valence-electron chi connectivity index (χ1n) is 7.06. The lowest BCUT2D eigenvalue weighted by atomic mass is 9.81. The molecule has 2 fully saturated rings. The maximum absolute atomic E-state index is 12.3. The number of carbonyl (C=O) groups excluding carboxylic acids is 1. The van der Waals surface area contributed by atoms with Gasteiger partial charge in [-0.2, -0.15) is 0 Å². The lowest BCUT2D eigenvalue weighted by molar-refractivity contribution is -0.149. The van der Waals surface area contributed by atoms with Crippen LogP contribution in [0.2, 0.25) is 5.02 Å². The third kappa shape index (κ3) is 2.46. The highest BCUT2D eigenvalue weighted by Gasteiger charge is 2.55. The maximum Gasteiger partial charge on any atom is 0.321 e. The van der Waals surface area contributed by atoms with E-state index >= 15 is 0 Å². The number of aliphatic carboxylic acids is 1. The second-order valence-corrected chi connectivity index (χ2v) is 6.31. The minimum atomic E-state index is -0.775. The van der Waals surface area contributed by atoms with Crippen molar-refractivity contribution in [2.24, 2.45) is 11.3 Å². The summed E-state index contributed by atoms with van der Waals surface area (Å²) >= 11 is 5.89. The summed E-state index contributed by atoms with van der Waals surface area (Å²) in [6.07, 6.45) is 2.47. The van der Waals surface area contributed by atoms with E-state index in [1.165, 1.54) is 0 Å². The second kappa shape index (κ2) is 5.22. The number of likely N-dealkylation sites (tertiary alicyclic amines) is 1. The van der Waals surface area contributed by atoms with Gasteiger partial charge >= 0.3 is 12.0 Å². The van der Waals surface area contributed by atoms with Crippen molar-refractivity contribution in [1.29, 1.82) is 0 Å². The van der Waals surface area contributed by atoms with Gasteiger partial charge in [0.1, 0.15) is 0 Å². The number of hydrogen-bond acceptors (Lipinski definition) is 2. The molecule has 1 aromatic rings. The van der Waals surface area contributed by atoms with Crippen molar-refractivity contribution in [1.82, 2.24) is 4.90 Å². The molecule has 0 radical (unpaired) electrons.